The minimum Gasteiger partial charge on any atom is -0.350 e. The van der Waals surface area contributed by atoms with E-state index in [9.17, 15) is 0 Å². The van der Waals surface area contributed by atoms with E-state index in [0.29, 0.717) is 16.8 Å². The molecule has 0 saturated heterocycles. The number of aryl methyl sites for hydroxylation is 1. The van der Waals surface area contributed by atoms with E-state index >= 15 is 0 Å². The van der Waals surface area contributed by atoms with Gasteiger partial charge in [-0.1, -0.05) is 17.7 Å². The van der Waals surface area contributed by atoms with Gasteiger partial charge in [-0.3, -0.25) is 4.98 Å². The molecule has 0 aliphatic heterocycles. The van der Waals surface area contributed by atoms with Gasteiger partial charge in [-0.05, 0) is 57.5 Å². The van der Waals surface area contributed by atoms with E-state index in [-0.39, 0.29) is 5.54 Å². The lowest BCUT2D eigenvalue weighted by molar-refractivity contribution is 0.626. The van der Waals surface area contributed by atoms with Gasteiger partial charge in [0.15, 0.2) is 0 Å². The number of anilines is 3. The van der Waals surface area contributed by atoms with E-state index in [1.54, 1.807) is 12.4 Å². The zero-order valence-corrected chi connectivity index (χ0v) is 16.1. The molecule has 0 spiro atoms. The maximum absolute atomic E-state index is 6.14. The zero-order chi connectivity index (χ0) is 18.7. The Kier molecular flexibility index (Phi) is 5.09. The molecular formula is C20H22ClN5. The van der Waals surface area contributed by atoms with Gasteiger partial charge in [0.05, 0.1) is 5.69 Å². The summed E-state index contributed by atoms with van der Waals surface area (Å²) in [6.45, 7) is 8.25. The van der Waals surface area contributed by atoms with Crippen LogP contribution < -0.4 is 10.6 Å². The molecule has 0 saturated carbocycles. The predicted octanol–water partition coefficient (Wildman–Crippen LogP) is 5.45. The first-order valence-corrected chi connectivity index (χ1v) is 8.79. The Bertz CT molecular complexity index is 904. The minimum absolute atomic E-state index is 0.153. The van der Waals surface area contributed by atoms with Crippen LogP contribution in [-0.2, 0) is 0 Å². The fraction of sp³-hybridized carbons (Fsp3) is 0.250. The molecular weight excluding hydrogens is 346 g/mol. The molecule has 134 valence electrons. The number of pyridine rings is 1. The zero-order valence-electron chi connectivity index (χ0n) is 15.3. The Labute approximate surface area is 158 Å². The highest BCUT2D eigenvalue weighted by molar-refractivity contribution is 6.30. The van der Waals surface area contributed by atoms with Crippen molar-refractivity contribution in [2.24, 2.45) is 0 Å². The van der Waals surface area contributed by atoms with Crippen LogP contribution in [0.2, 0.25) is 5.02 Å². The van der Waals surface area contributed by atoms with Crippen LogP contribution in [0.25, 0.3) is 11.3 Å². The van der Waals surface area contributed by atoms with Gasteiger partial charge >= 0.3 is 0 Å². The van der Waals surface area contributed by atoms with Gasteiger partial charge < -0.3 is 10.6 Å². The summed E-state index contributed by atoms with van der Waals surface area (Å²) in [6, 6.07) is 11.5. The summed E-state index contributed by atoms with van der Waals surface area (Å²) in [7, 11) is 0. The van der Waals surface area contributed by atoms with E-state index < -0.39 is 0 Å². The summed E-state index contributed by atoms with van der Waals surface area (Å²) in [5.41, 5.74) is 3.64. The summed E-state index contributed by atoms with van der Waals surface area (Å²) in [5, 5.41) is 7.37. The Morgan fingerprint density at radius 3 is 2.38 bits per heavy atom. The fourth-order valence-electron chi connectivity index (χ4n) is 2.44. The highest BCUT2D eigenvalue weighted by Crippen LogP contribution is 2.27. The number of rotatable bonds is 4. The third-order valence-corrected chi connectivity index (χ3v) is 3.89. The minimum atomic E-state index is -0.153. The highest BCUT2D eigenvalue weighted by atomic mass is 35.5. The molecule has 3 rings (SSSR count). The lowest BCUT2D eigenvalue weighted by Crippen LogP contribution is -2.27. The molecule has 0 aliphatic rings. The van der Waals surface area contributed by atoms with E-state index in [1.165, 1.54) is 0 Å². The Balaban J connectivity index is 2.03. The summed E-state index contributed by atoms with van der Waals surface area (Å²) in [6.07, 6.45) is 3.51. The van der Waals surface area contributed by atoms with E-state index in [2.05, 4.69) is 46.4 Å². The lowest BCUT2D eigenvalue weighted by atomic mass is 10.1. The van der Waals surface area contributed by atoms with Gasteiger partial charge in [0, 0.05) is 40.3 Å². The van der Waals surface area contributed by atoms with Gasteiger partial charge in [-0.15, -0.1) is 0 Å². The van der Waals surface area contributed by atoms with Crippen LogP contribution in [0, 0.1) is 6.92 Å². The first kappa shape index (κ1) is 18.1. The lowest BCUT2D eigenvalue weighted by Gasteiger charge is -2.21. The van der Waals surface area contributed by atoms with E-state index in [1.807, 2.05) is 43.3 Å². The molecule has 0 bridgehead atoms. The molecule has 0 fully saturated rings. The summed E-state index contributed by atoms with van der Waals surface area (Å²) in [5.74, 6) is 1.26. The molecule has 3 aromatic rings. The quantitative estimate of drug-likeness (QED) is 0.641. The van der Waals surface area contributed by atoms with Crippen molar-refractivity contribution >= 4 is 29.1 Å². The van der Waals surface area contributed by atoms with Crippen molar-refractivity contribution < 1.29 is 0 Å². The third-order valence-electron chi connectivity index (χ3n) is 3.65. The Morgan fingerprint density at radius 2 is 1.69 bits per heavy atom. The van der Waals surface area contributed by atoms with Crippen molar-refractivity contribution in [1.29, 1.82) is 0 Å². The van der Waals surface area contributed by atoms with Crippen LogP contribution in [-0.4, -0.2) is 20.5 Å². The Morgan fingerprint density at radius 1 is 0.962 bits per heavy atom. The standard InChI is InChI=1S/C20H22ClN5/c1-13-5-6-15(21)11-16(13)23-18-12-17(14-7-9-22-10-8-14)24-19(25-18)26-20(2,3)4/h5-12H,1-4H3,(H2,23,24,25,26). The molecule has 5 nitrogen and oxygen atoms in total. The number of nitrogens with zero attached hydrogens (tertiary/aromatic N) is 3. The maximum atomic E-state index is 6.14. The second-order valence-electron chi connectivity index (χ2n) is 7.16. The van der Waals surface area contributed by atoms with Crippen molar-refractivity contribution in [3.05, 3.63) is 59.4 Å². The fourth-order valence-corrected chi connectivity index (χ4v) is 2.61. The smallest absolute Gasteiger partial charge is 0.225 e. The van der Waals surface area contributed by atoms with Gasteiger partial charge in [0.25, 0.3) is 0 Å². The molecule has 26 heavy (non-hydrogen) atoms. The number of halogens is 1. The van der Waals surface area contributed by atoms with Crippen molar-refractivity contribution in [2.45, 2.75) is 33.2 Å². The van der Waals surface area contributed by atoms with Crippen LogP contribution in [0.15, 0.2) is 48.8 Å². The largest absolute Gasteiger partial charge is 0.350 e. The first-order chi connectivity index (χ1) is 12.3. The predicted molar refractivity (Wildman–Crippen MR) is 108 cm³/mol. The average Bonchev–Trinajstić information content (AvgIpc) is 2.57. The average molecular weight is 368 g/mol. The van der Waals surface area contributed by atoms with Crippen molar-refractivity contribution in [3.8, 4) is 11.3 Å². The molecule has 2 N–H and O–H groups in total. The van der Waals surface area contributed by atoms with Gasteiger partial charge in [-0.25, -0.2) is 4.98 Å². The topological polar surface area (TPSA) is 62.7 Å². The summed E-state index contributed by atoms with van der Waals surface area (Å²) in [4.78, 5) is 13.3. The van der Waals surface area contributed by atoms with E-state index in [0.717, 1.165) is 22.5 Å². The second kappa shape index (κ2) is 7.30. The molecule has 2 aromatic heterocycles. The van der Waals surface area contributed by atoms with Gasteiger partial charge in [0.2, 0.25) is 5.95 Å². The Hall–Kier alpha value is -2.66. The number of aromatic nitrogens is 3. The van der Waals surface area contributed by atoms with Crippen LogP contribution in [0.5, 0.6) is 0 Å². The number of hydrogen-bond donors (Lipinski definition) is 2. The molecule has 0 aliphatic carbocycles. The van der Waals surface area contributed by atoms with Crippen molar-refractivity contribution in [1.82, 2.24) is 15.0 Å². The molecule has 1 aromatic carbocycles. The van der Waals surface area contributed by atoms with Crippen molar-refractivity contribution in [3.63, 3.8) is 0 Å². The third kappa shape index (κ3) is 4.70. The number of benzene rings is 1. The van der Waals surface area contributed by atoms with Crippen LogP contribution in [0.3, 0.4) is 0 Å². The molecule has 0 radical (unpaired) electrons. The summed E-state index contributed by atoms with van der Waals surface area (Å²) >= 11 is 6.14. The SMILES string of the molecule is Cc1ccc(Cl)cc1Nc1cc(-c2ccncc2)nc(NC(C)(C)C)n1. The maximum Gasteiger partial charge on any atom is 0.225 e. The summed E-state index contributed by atoms with van der Waals surface area (Å²) < 4.78 is 0. The van der Waals surface area contributed by atoms with Gasteiger partial charge in [0.1, 0.15) is 5.82 Å². The molecule has 0 amide bonds. The van der Waals surface area contributed by atoms with Crippen LogP contribution in [0.4, 0.5) is 17.5 Å². The van der Waals surface area contributed by atoms with E-state index in [4.69, 9.17) is 11.6 Å². The van der Waals surface area contributed by atoms with Crippen LogP contribution in [0.1, 0.15) is 26.3 Å². The molecule has 2 heterocycles. The van der Waals surface area contributed by atoms with Crippen molar-refractivity contribution in [2.75, 3.05) is 10.6 Å². The number of nitrogens with one attached hydrogen (secondary N) is 2. The molecule has 6 heteroatoms. The van der Waals surface area contributed by atoms with Crippen LogP contribution >= 0.6 is 11.6 Å². The first-order valence-electron chi connectivity index (χ1n) is 8.41. The normalized spacial score (nSPS) is 11.3. The van der Waals surface area contributed by atoms with Gasteiger partial charge in [-0.2, -0.15) is 4.98 Å². The molecule has 0 atom stereocenters. The monoisotopic (exact) mass is 367 g/mol. The number of hydrogen-bond acceptors (Lipinski definition) is 5. The second-order valence-corrected chi connectivity index (χ2v) is 7.59. The highest BCUT2D eigenvalue weighted by Gasteiger charge is 2.14. The molecule has 0 unspecified atom stereocenters.